The average molecular weight is 239 g/mol. The molecule has 0 aromatic carbocycles. The van der Waals surface area contributed by atoms with Gasteiger partial charge < -0.3 is 10.4 Å². The summed E-state index contributed by atoms with van der Waals surface area (Å²) in [7, 11) is 0. The van der Waals surface area contributed by atoms with Gasteiger partial charge in [0.05, 0.1) is 0 Å². The third-order valence-electron chi connectivity index (χ3n) is 3.10. The van der Waals surface area contributed by atoms with E-state index in [4.69, 9.17) is 5.11 Å². The van der Waals surface area contributed by atoms with Crippen LogP contribution in [0.3, 0.4) is 0 Å². The summed E-state index contributed by atoms with van der Waals surface area (Å²) >= 11 is 0. The lowest BCUT2D eigenvalue weighted by Crippen LogP contribution is -2.43. The Morgan fingerprint density at radius 2 is 2.24 bits per heavy atom. The van der Waals surface area contributed by atoms with Crippen molar-refractivity contribution in [2.24, 2.45) is 5.92 Å². The summed E-state index contributed by atoms with van der Waals surface area (Å²) in [4.78, 5) is 22.9. The first-order valence-electron chi connectivity index (χ1n) is 6.33. The van der Waals surface area contributed by atoms with Gasteiger partial charge in [-0.25, -0.2) is 4.79 Å². The molecule has 2 unspecified atom stereocenters. The molecule has 1 aliphatic rings. The number of carbonyl (C=O) groups is 2. The summed E-state index contributed by atoms with van der Waals surface area (Å²) < 4.78 is 0. The number of carboxylic acid groups (broad SMARTS) is 1. The van der Waals surface area contributed by atoms with Crippen molar-refractivity contribution in [2.75, 3.05) is 0 Å². The summed E-state index contributed by atoms with van der Waals surface area (Å²) in [5.41, 5.74) is 0. The molecule has 2 N–H and O–H groups in total. The van der Waals surface area contributed by atoms with E-state index >= 15 is 0 Å². The lowest BCUT2D eigenvalue weighted by molar-refractivity contribution is -0.142. The first kappa shape index (κ1) is 13.7. The van der Waals surface area contributed by atoms with Gasteiger partial charge in [-0.1, -0.05) is 31.9 Å². The highest BCUT2D eigenvalue weighted by Gasteiger charge is 2.24. The van der Waals surface area contributed by atoms with Crippen LogP contribution in [-0.4, -0.2) is 23.0 Å². The molecule has 0 aromatic rings. The molecule has 0 aromatic heterocycles. The first-order chi connectivity index (χ1) is 8.15. The van der Waals surface area contributed by atoms with Crippen molar-refractivity contribution in [3.63, 3.8) is 0 Å². The van der Waals surface area contributed by atoms with Crippen LogP contribution in [0.2, 0.25) is 0 Å². The molecule has 1 rings (SSSR count). The van der Waals surface area contributed by atoms with Crippen LogP contribution in [0.4, 0.5) is 0 Å². The van der Waals surface area contributed by atoms with E-state index < -0.39 is 12.0 Å². The number of carboxylic acids is 1. The normalized spacial score (nSPS) is 20.9. The molecule has 0 aliphatic heterocycles. The van der Waals surface area contributed by atoms with Gasteiger partial charge in [0.15, 0.2) is 0 Å². The Labute approximate surface area is 102 Å². The van der Waals surface area contributed by atoms with E-state index in [2.05, 4.69) is 11.4 Å². The Hall–Kier alpha value is -1.32. The second-order valence-electron chi connectivity index (χ2n) is 4.52. The van der Waals surface area contributed by atoms with Gasteiger partial charge in [-0.05, 0) is 25.7 Å². The monoisotopic (exact) mass is 239 g/mol. The molecule has 4 heteroatoms. The number of amides is 1. The minimum atomic E-state index is -0.932. The van der Waals surface area contributed by atoms with Crippen LogP contribution in [0, 0.1) is 5.92 Å². The fourth-order valence-corrected chi connectivity index (χ4v) is 1.99. The molecule has 0 bridgehead atoms. The van der Waals surface area contributed by atoms with Gasteiger partial charge in [0.25, 0.3) is 0 Å². The van der Waals surface area contributed by atoms with Crippen molar-refractivity contribution >= 4 is 11.9 Å². The van der Waals surface area contributed by atoms with Crippen LogP contribution in [0.1, 0.15) is 45.4 Å². The molecule has 0 spiro atoms. The van der Waals surface area contributed by atoms with Crippen LogP contribution in [-0.2, 0) is 9.59 Å². The maximum Gasteiger partial charge on any atom is 0.326 e. The number of nitrogens with one attached hydrogen (secondary N) is 1. The Bertz CT molecular complexity index is 299. The molecular weight excluding hydrogens is 218 g/mol. The predicted octanol–water partition coefficient (Wildman–Crippen LogP) is 2.10. The zero-order chi connectivity index (χ0) is 12.7. The molecule has 2 atom stereocenters. The zero-order valence-electron chi connectivity index (χ0n) is 10.3. The summed E-state index contributed by atoms with van der Waals surface area (Å²) in [5, 5.41) is 11.7. The fourth-order valence-electron chi connectivity index (χ4n) is 1.99. The molecule has 0 fully saturated rings. The number of rotatable bonds is 6. The van der Waals surface area contributed by atoms with Crippen LogP contribution in [0.15, 0.2) is 12.2 Å². The number of aliphatic carboxylic acids is 1. The van der Waals surface area contributed by atoms with Crippen LogP contribution in [0.5, 0.6) is 0 Å². The molecule has 4 nitrogen and oxygen atoms in total. The molecular formula is C13H21NO3. The Kier molecular flexibility index (Phi) is 5.73. The fraction of sp³-hybridized carbons (Fsp3) is 0.692. The molecule has 96 valence electrons. The quantitative estimate of drug-likeness (QED) is 0.697. The minimum Gasteiger partial charge on any atom is -0.480 e. The van der Waals surface area contributed by atoms with E-state index in [1.807, 2.05) is 13.0 Å². The van der Waals surface area contributed by atoms with Gasteiger partial charge in [0, 0.05) is 5.92 Å². The lowest BCUT2D eigenvalue weighted by atomic mass is 9.93. The minimum absolute atomic E-state index is 0.0523. The largest absolute Gasteiger partial charge is 0.480 e. The topological polar surface area (TPSA) is 66.4 Å². The molecule has 0 saturated heterocycles. The number of carbonyl (C=O) groups excluding carboxylic acids is 1. The van der Waals surface area contributed by atoms with Gasteiger partial charge in [0.1, 0.15) is 6.04 Å². The average Bonchev–Trinajstić information content (AvgIpc) is 2.35. The zero-order valence-corrected chi connectivity index (χ0v) is 10.3. The number of hydrogen-bond acceptors (Lipinski definition) is 2. The van der Waals surface area contributed by atoms with E-state index in [0.29, 0.717) is 6.42 Å². The van der Waals surface area contributed by atoms with Crippen molar-refractivity contribution < 1.29 is 14.7 Å². The van der Waals surface area contributed by atoms with E-state index in [1.54, 1.807) is 0 Å². The predicted molar refractivity (Wildman–Crippen MR) is 65.6 cm³/mol. The maximum atomic E-state index is 11.9. The summed E-state index contributed by atoms with van der Waals surface area (Å²) in [5.74, 6) is -1.10. The Morgan fingerprint density at radius 3 is 2.76 bits per heavy atom. The Balaban J connectivity index is 2.45. The van der Waals surface area contributed by atoms with Gasteiger partial charge in [-0.15, -0.1) is 0 Å². The third kappa shape index (κ3) is 4.59. The highest BCUT2D eigenvalue weighted by Crippen LogP contribution is 2.18. The van der Waals surface area contributed by atoms with Crippen molar-refractivity contribution in [3.05, 3.63) is 12.2 Å². The smallest absolute Gasteiger partial charge is 0.326 e. The SMILES string of the molecule is CCCCC(NC(=O)C1CC=CCC1)C(=O)O. The van der Waals surface area contributed by atoms with Crippen LogP contribution in [0.25, 0.3) is 0 Å². The molecule has 0 saturated carbocycles. The molecule has 1 aliphatic carbocycles. The van der Waals surface area contributed by atoms with E-state index in [1.165, 1.54) is 0 Å². The summed E-state index contributed by atoms with van der Waals surface area (Å²) in [6.07, 6.45) is 8.79. The molecule has 0 radical (unpaired) electrons. The molecule has 1 amide bonds. The lowest BCUT2D eigenvalue weighted by Gasteiger charge is -2.20. The third-order valence-corrected chi connectivity index (χ3v) is 3.10. The van der Waals surface area contributed by atoms with E-state index in [-0.39, 0.29) is 11.8 Å². The van der Waals surface area contributed by atoms with Crippen molar-refractivity contribution in [3.8, 4) is 0 Å². The maximum absolute atomic E-state index is 11.9. The van der Waals surface area contributed by atoms with Crippen molar-refractivity contribution in [1.82, 2.24) is 5.32 Å². The number of allylic oxidation sites excluding steroid dienone is 2. The van der Waals surface area contributed by atoms with E-state index in [9.17, 15) is 9.59 Å². The van der Waals surface area contributed by atoms with Crippen LogP contribution >= 0.6 is 0 Å². The summed E-state index contributed by atoms with van der Waals surface area (Å²) in [6.45, 7) is 2.01. The Morgan fingerprint density at radius 1 is 1.47 bits per heavy atom. The number of unbranched alkanes of at least 4 members (excludes halogenated alkanes) is 1. The van der Waals surface area contributed by atoms with Crippen molar-refractivity contribution in [2.45, 2.75) is 51.5 Å². The molecule has 0 heterocycles. The summed E-state index contributed by atoms with van der Waals surface area (Å²) in [6, 6.07) is -0.728. The first-order valence-corrected chi connectivity index (χ1v) is 6.33. The van der Waals surface area contributed by atoms with E-state index in [0.717, 1.165) is 32.1 Å². The van der Waals surface area contributed by atoms with Crippen molar-refractivity contribution in [1.29, 1.82) is 0 Å². The number of hydrogen-bond donors (Lipinski definition) is 2. The van der Waals surface area contributed by atoms with Gasteiger partial charge in [-0.3, -0.25) is 4.79 Å². The second-order valence-corrected chi connectivity index (χ2v) is 4.52. The van der Waals surface area contributed by atoms with Gasteiger partial charge >= 0.3 is 5.97 Å². The van der Waals surface area contributed by atoms with Gasteiger partial charge in [0.2, 0.25) is 5.91 Å². The van der Waals surface area contributed by atoms with Gasteiger partial charge in [-0.2, -0.15) is 0 Å². The molecule has 17 heavy (non-hydrogen) atoms. The highest BCUT2D eigenvalue weighted by atomic mass is 16.4. The van der Waals surface area contributed by atoms with Crippen LogP contribution < -0.4 is 5.32 Å². The standard InChI is InChI=1S/C13H21NO3/c1-2-3-9-11(13(16)17)14-12(15)10-7-5-4-6-8-10/h4-5,10-11H,2-3,6-9H2,1H3,(H,14,15)(H,16,17). The highest BCUT2D eigenvalue weighted by molar-refractivity contribution is 5.85. The second kappa shape index (κ2) is 7.09.